The van der Waals surface area contributed by atoms with Gasteiger partial charge in [-0.15, -0.1) is 0 Å². The number of hydrogen-bond acceptors (Lipinski definition) is 3. The Hall–Kier alpha value is -1.10. The van der Waals surface area contributed by atoms with Crippen LogP contribution in [0.5, 0.6) is 11.5 Å². The highest BCUT2D eigenvalue weighted by molar-refractivity contribution is 9.10. The lowest BCUT2D eigenvalue weighted by Gasteiger charge is -2.22. The molecule has 1 aliphatic rings. The molecule has 5 heteroatoms. The zero-order chi connectivity index (χ0) is 11.8. The molecule has 0 amide bonds. The van der Waals surface area contributed by atoms with Crippen molar-refractivity contribution in [2.75, 3.05) is 13.2 Å². The summed E-state index contributed by atoms with van der Waals surface area (Å²) in [4.78, 5) is 10.7. The van der Waals surface area contributed by atoms with E-state index >= 15 is 0 Å². The van der Waals surface area contributed by atoms with Crippen molar-refractivity contribution in [2.45, 2.75) is 12.6 Å². The van der Waals surface area contributed by atoms with E-state index in [9.17, 15) is 9.18 Å². The van der Waals surface area contributed by atoms with Crippen LogP contribution in [0.15, 0.2) is 16.6 Å². The number of fused-ring (bicyclic) bond motifs is 1. The number of aldehydes is 1. The number of benzene rings is 1. The molecule has 0 aliphatic carbocycles. The predicted octanol–water partition coefficient (Wildman–Crippen LogP) is 2.60. The normalized spacial score (nSPS) is 17.7. The van der Waals surface area contributed by atoms with E-state index < -0.39 is 5.67 Å². The van der Waals surface area contributed by atoms with Gasteiger partial charge in [-0.3, -0.25) is 4.79 Å². The molecule has 1 aromatic carbocycles. The van der Waals surface area contributed by atoms with Gasteiger partial charge in [-0.25, -0.2) is 4.39 Å². The van der Waals surface area contributed by atoms with Gasteiger partial charge in [0.1, 0.15) is 13.2 Å². The van der Waals surface area contributed by atoms with Crippen molar-refractivity contribution in [3.8, 4) is 11.5 Å². The molecule has 1 aromatic rings. The molecule has 0 aromatic heterocycles. The van der Waals surface area contributed by atoms with Crippen molar-refractivity contribution in [1.29, 1.82) is 0 Å². The molecule has 3 nitrogen and oxygen atoms in total. The quantitative estimate of drug-likeness (QED) is 0.785. The maximum Gasteiger partial charge on any atom is 0.189 e. The Kier molecular flexibility index (Phi) is 2.88. The van der Waals surface area contributed by atoms with Gasteiger partial charge >= 0.3 is 0 Å². The van der Waals surface area contributed by atoms with Crippen LogP contribution in [-0.4, -0.2) is 19.5 Å². The van der Waals surface area contributed by atoms with Gasteiger partial charge in [0.05, 0.1) is 0 Å². The summed E-state index contributed by atoms with van der Waals surface area (Å²) in [7, 11) is 0. The van der Waals surface area contributed by atoms with Crippen molar-refractivity contribution in [3.63, 3.8) is 0 Å². The fourth-order valence-electron chi connectivity index (χ4n) is 1.50. The summed E-state index contributed by atoms with van der Waals surface area (Å²) in [6, 6.07) is 3.11. The fraction of sp³-hybridized carbons (Fsp3) is 0.364. The Labute approximate surface area is 101 Å². The van der Waals surface area contributed by atoms with E-state index in [4.69, 9.17) is 9.47 Å². The van der Waals surface area contributed by atoms with E-state index in [2.05, 4.69) is 15.9 Å². The Morgan fingerprint density at radius 1 is 1.38 bits per heavy atom. The topological polar surface area (TPSA) is 35.5 Å². The first-order chi connectivity index (χ1) is 7.54. The highest BCUT2D eigenvalue weighted by Crippen LogP contribution is 2.40. The highest BCUT2D eigenvalue weighted by atomic mass is 79.9. The Morgan fingerprint density at radius 3 is 2.50 bits per heavy atom. The fourth-order valence-corrected chi connectivity index (χ4v) is 2.21. The first-order valence-corrected chi connectivity index (χ1v) is 5.59. The highest BCUT2D eigenvalue weighted by Gasteiger charge is 2.30. The minimum absolute atomic E-state index is 0.242. The molecule has 0 bridgehead atoms. The summed E-state index contributed by atoms with van der Waals surface area (Å²) >= 11 is 3.22. The second-order valence-electron chi connectivity index (χ2n) is 3.67. The summed E-state index contributed by atoms with van der Waals surface area (Å²) in [5, 5.41) is 0. The number of hydrogen-bond donors (Lipinski definition) is 0. The zero-order valence-corrected chi connectivity index (χ0v) is 10.2. The number of rotatable bonds is 2. The van der Waals surface area contributed by atoms with Crippen molar-refractivity contribution < 1.29 is 18.7 Å². The third-order valence-electron chi connectivity index (χ3n) is 2.38. The molecule has 86 valence electrons. The molecule has 0 N–H and O–H groups in total. The number of alkyl halides is 1. The molecule has 0 saturated carbocycles. The van der Waals surface area contributed by atoms with E-state index in [0.717, 1.165) is 0 Å². The van der Waals surface area contributed by atoms with Gasteiger partial charge in [-0.2, -0.15) is 0 Å². The molecule has 1 atom stereocenters. The lowest BCUT2D eigenvalue weighted by Crippen LogP contribution is -2.20. The molecular weight excluding hydrogens is 279 g/mol. The van der Waals surface area contributed by atoms with Crippen LogP contribution in [0, 0.1) is 0 Å². The summed E-state index contributed by atoms with van der Waals surface area (Å²) in [6.45, 7) is 2.10. The second kappa shape index (κ2) is 4.05. The van der Waals surface area contributed by atoms with Crippen LogP contribution in [0.25, 0.3) is 0 Å². The minimum atomic E-state index is -2.03. The lowest BCUT2D eigenvalue weighted by molar-refractivity contribution is -0.117. The number of carbonyl (C=O) groups is 1. The molecule has 0 radical (unpaired) electrons. The largest absolute Gasteiger partial charge is 0.486 e. The van der Waals surface area contributed by atoms with Gasteiger partial charge in [-0.05, 0) is 19.1 Å². The number of ether oxygens (including phenoxy) is 2. The minimum Gasteiger partial charge on any atom is -0.486 e. The maximum atomic E-state index is 13.9. The third-order valence-corrected chi connectivity index (χ3v) is 3.04. The van der Waals surface area contributed by atoms with Crippen LogP contribution < -0.4 is 9.47 Å². The number of carbonyl (C=O) groups excluding carboxylic acids is 1. The molecule has 1 unspecified atom stereocenters. The first-order valence-electron chi connectivity index (χ1n) is 4.79. The molecule has 0 fully saturated rings. The van der Waals surface area contributed by atoms with Crippen LogP contribution in [0.1, 0.15) is 12.5 Å². The van der Waals surface area contributed by atoms with Crippen molar-refractivity contribution >= 4 is 22.2 Å². The Balaban J connectivity index is 2.51. The van der Waals surface area contributed by atoms with Crippen LogP contribution in [-0.2, 0) is 10.5 Å². The van der Waals surface area contributed by atoms with Gasteiger partial charge in [0.2, 0.25) is 0 Å². The molecule has 1 heterocycles. The number of halogens is 2. The lowest BCUT2D eigenvalue weighted by atomic mass is 9.99. The molecule has 16 heavy (non-hydrogen) atoms. The van der Waals surface area contributed by atoms with Crippen LogP contribution >= 0.6 is 15.9 Å². The standard InChI is InChI=1S/C11H10BrFO3/c1-11(13,6-14)7-4-9-10(5-8(7)12)16-3-2-15-9/h4-6H,2-3H2,1H3. The van der Waals surface area contributed by atoms with Crippen LogP contribution in [0.4, 0.5) is 4.39 Å². The smallest absolute Gasteiger partial charge is 0.189 e. The van der Waals surface area contributed by atoms with Crippen molar-refractivity contribution in [2.24, 2.45) is 0 Å². The van der Waals surface area contributed by atoms with E-state index in [-0.39, 0.29) is 11.8 Å². The summed E-state index contributed by atoms with van der Waals surface area (Å²) in [5.41, 5.74) is -1.79. The average Bonchev–Trinajstić information content (AvgIpc) is 2.28. The van der Waals surface area contributed by atoms with E-state index in [0.29, 0.717) is 29.2 Å². The van der Waals surface area contributed by atoms with Gasteiger partial charge < -0.3 is 9.47 Å². The first kappa shape index (κ1) is 11.4. The summed E-state index contributed by atoms with van der Waals surface area (Å²) < 4.78 is 25.1. The molecular formula is C11H10BrFO3. The molecule has 0 spiro atoms. The van der Waals surface area contributed by atoms with Crippen LogP contribution in [0.3, 0.4) is 0 Å². The monoisotopic (exact) mass is 288 g/mol. The SMILES string of the molecule is CC(F)(C=O)c1cc2c(cc1Br)OCCO2. The summed E-state index contributed by atoms with van der Waals surface area (Å²) in [6.07, 6.45) is 0.267. The second-order valence-corrected chi connectivity index (χ2v) is 4.52. The predicted molar refractivity (Wildman–Crippen MR) is 59.7 cm³/mol. The maximum absolute atomic E-state index is 13.9. The van der Waals surface area contributed by atoms with Crippen LogP contribution in [0.2, 0.25) is 0 Å². The molecule has 0 saturated heterocycles. The Morgan fingerprint density at radius 2 is 1.94 bits per heavy atom. The van der Waals surface area contributed by atoms with E-state index in [1.807, 2.05) is 0 Å². The average molecular weight is 289 g/mol. The molecule has 1 aliphatic heterocycles. The van der Waals surface area contributed by atoms with E-state index in [1.54, 1.807) is 6.07 Å². The van der Waals surface area contributed by atoms with E-state index in [1.165, 1.54) is 13.0 Å². The van der Waals surface area contributed by atoms with Gasteiger partial charge in [0.15, 0.2) is 23.5 Å². The summed E-state index contributed by atoms with van der Waals surface area (Å²) in [5.74, 6) is 1.03. The Bertz CT molecular complexity index is 431. The van der Waals surface area contributed by atoms with Gasteiger partial charge in [-0.1, -0.05) is 15.9 Å². The van der Waals surface area contributed by atoms with Gasteiger partial charge in [0.25, 0.3) is 0 Å². The zero-order valence-electron chi connectivity index (χ0n) is 8.63. The third kappa shape index (κ3) is 1.91. The molecule has 2 rings (SSSR count). The van der Waals surface area contributed by atoms with Crippen molar-refractivity contribution in [1.82, 2.24) is 0 Å². The van der Waals surface area contributed by atoms with Gasteiger partial charge in [0, 0.05) is 10.0 Å². The van der Waals surface area contributed by atoms with Crippen molar-refractivity contribution in [3.05, 3.63) is 22.2 Å².